The molecule has 1 aliphatic heterocycles. The van der Waals surface area contributed by atoms with Gasteiger partial charge in [0.15, 0.2) is 11.9 Å². The third kappa shape index (κ3) is 2.95. The van der Waals surface area contributed by atoms with Gasteiger partial charge in [0.05, 0.1) is 0 Å². The van der Waals surface area contributed by atoms with Crippen molar-refractivity contribution in [3.8, 4) is 0 Å². The number of aliphatic hydroxyl groups excluding tert-OH is 1. The average molecular weight is 347 g/mol. The largest absolute Gasteiger partial charge is 0.504 e. The van der Waals surface area contributed by atoms with Gasteiger partial charge in [-0.3, -0.25) is 4.79 Å². The molecule has 2 atom stereocenters. The number of ketones is 1. The predicted molar refractivity (Wildman–Crippen MR) is 89.5 cm³/mol. The van der Waals surface area contributed by atoms with Crippen LogP contribution in [0.1, 0.15) is 35.8 Å². The summed E-state index contributed by atoms with van der Waals surface area (Å²) in [7, 11) is 0. The lowest BCUT2D eigenvalue weighted by Gasteiger charge is -2.31. The minimum absolute atomic E-state index is 0.310. The zero-order valence-electron chi connectivity index (χ0n) is 13.2. The van der Waals surface area contributed by atoms with Crippen molar-refractivity contribution >= 4 is 17.4 Å². The lowest BCUT2D eigenvalue weighted by molar-refractivity contribution is -0.136. The maximum Gasteiger partial charge on any atom is 0.230 e. The third-order valence-corrected chi connectivity index (χ3v) is 4.43. The van der Waals surface area contributed by atoms with E-state index < -0.39 is 18.0 Å². The molecular formula is C19H16ClFO3. The summed E-state index contributed by atoms with van der Waals surface area (Å²) in [5, 5.41) is 10.8. The van der Waals surface area contributed by atoms with E-state index in [0.29, 0.717) is 21.7 Å². The van der Waals surface area contributed by atoms with Gasteiger partial charge in [0, 0.05) is 10.6 Å². The maximum absolute atomic E-state index is 13.2. The summed E-state index contributed by atoms with van der Waals surface area (Å²) in [6.07, 6.45) is -1.55. The van der Waals surface area contributed by atoms with E-state index in [9.17, 15) is 14.3 Å². The Balaban J connectivity index is 2.04. The highest BCUT2D eigenvalue weighted by Crippen LogP contribution is 2.40. The van der Waals surface area contributed by atoms with E-state index in [1.807, 2.05) is 6.92 Å². The number of hydrogen-bond acceptors (Lipinski definition) is 3. The van der Waals surface area contributed by atoms with Crippen molar-refractivity contribution in [1.82, 2.24) is 0 Å². The summed E-state index contributed by atoms with van der Waals surface area (Å²) in [5.41, 5.74) is 2.53. The number of rotatable bonds is 2. The number of aliphatic hydroxyl groups is 1. The number of aryl methyl sites for hydroxylation is 1. The van der Waals surface area contributed by atoms with Crippen LogP contribution in [0.2, 0.25) is 5.02 Å². The summed E-state index contributed by atoms with van der Waals surface area (Å²) in [4.78, 5) is 12.5. The van der Waals surface area contributed by atoms with E-state index in [1.54, 1.807) is 37.3 Å². The van der Waals surface area contributed by atoms with Crippen LogP contribution in [0.5, 0.6) is 0 Å². The molecule has 24 heavy (non-hydrogen) atoms. The summed E-state index contributed by atoms with van der Waals surface area (Å²) in [5.74, 6) is -1.16. The zero-order valence-corrected chi connectivity index (χ0v) is 14.0. The Labute approximate surface area is 144 Å². The minimum atomic E-state index is -0.930. The Bertz CT molecular complexity index is 827. The second-order valence-corrected chi connectivity index (χ2v) is 6.28. The Kier molecular flexibility index (Phi) is 4.43. The SMILES string of the molecule is CC1=C(O)C(=O)C(c2ccc(Cl)cc2C)OC1c1ccc(F)cc1. The average Bonchev–Trinajstić information content (AvgIpc) is 2.55. The van der Waals surface area contributed by atoms with Crippen molar-refractivity contribution in [2.45, 2.75) is 26.1 Å². The molecule has 0 bridgehead atoms. The van der Waals surface area contributed by atoms with Gasteiger partial charge in [-0.15, -0.1) is 0 Å². The van der Waals surface area contributed by atoms with Crippen LogP contribution in [0.3, 0.4) is 0 Å². The van der Waals surface area contributed by atoms with Crippen LogP contribution in [-0.4, -0.2) is 10.9 Å². The van der Waals surface area contributed by atoms with E-state index >= 15 is 0 Å². The number of carbonyl (C=O) groups is 1. The number of halogens is 2. The molecule has 0 amide bonds. The molecule has 5 heteroatoms. The monoisotopic (exact) mass is 346 g/mol. The number of benzene rings is 2. The molecule has 0 spiro atoms. The standard InChI is InChI=1S/C19H16ClFO3/c1-10-9-13(20)5-8-15(10)19-17(23)16(22)11(2)18(24-19)12-3-6-14(21)7-4-12/h3-9,18-19,22H,1-2H3. The molecule has 3 nitrogen and oxygen atoms in total. The number of carbonyl (C=O) groups excluding carboxylic acids is 1. The van der Waals surface area contributed by atoms with Gasteiger partial charge >= 0.3 is 0 Å². The Hall–Kier alpha value is -2.17. The van der Waals surface area contributed by atoms with Crippen LogP contribution in [0.25, 0.3) is 0 Å². The Morgan fingerprint density at radius 1 is 1.08 bits per heavy atom. The maximum atomic E-state index is 13.2. The molecule has 124 valence electrons. The molecule has 0 radical (unpaired) electrons. The quantitative estimate of drug-likeness (QED) is 0.832. The molecule has 2 unspecified atom stereocenters. The van der Waals surface area contributed by atoms with Crippen LogP contribution in [0.15, 0.2) is 53.8 Å². The van der Waals surface area contributed by atoms with Crippen molar-refractivity contribution in [2.24, 2.45) is 0 Å². The Morgan fingerprint density at radius 3 is 2.38 bits per heavy atom. The smallest absolute Gasteiger partial charge is 0.230 e. The number of hydrogen-bond donors (Lipinski definition) is 1. The fraction of sp³-hybridized carbons (Fsp3) is 0.211. The van der Waals surface area contributed by atoms with Crippen LogP contribution >= 0.6 is 11.6 Å². The van der Waals surface area contributed by atoms with E-state index in [0.717, 1.165) is 5.56 Å². The molecule has 2 aromatic carbocycles. The topological polar surface area (TPSA) is 46.5 Å². The second kappa shape index (κ2) is 6.38. The van der Waals surface area contributed by atoms with Gasteiger partial charge in [0.2, 0.25) is 5.78 Å². The van der Waals surface area contributed by atoms with Crippen molar-refractivity contribution in [3.05, 3.63) is 81.3 Å². The molecule has 0 aromatic heterocycles. The fourth-order valence-corrected chi connectivity index (χ4v) is 3.08. The van der Waals surface area contributed by atoms with Gasteiger partial charge in [0.1, 0.15) is 11.9 Å². The molecule has 1 N–H and O–H groups in total. The molecule has 1 heterocycles. The van der Waals surface area contributed by atoms with Crippen molar-refractivity contribution in [1.29, 1.82) is 0 Å². The molecule has 0 saturated heterocycles. The molecule has 0 aliphatic carbocycles. The van der Waals surface area contributed by atoms with Gasteiger partial charge in [-0.25, -0.2) is 4.39 Å². The molecule has 1 aliphatic rings. The highest BCUT2D eigenvalue weighted by Gasteiger charge is 2.37. The first-order chi connectivity index (χ1) is 11.4. The van der Waals surface area contributed by atoms with Crippen molar-refractivity contribution in [3.63, 3.8) is 0 Å². The highest BCUT2D eigenvalue weighted by atomic mass is 35.5. The van der Waals surface area contributed by atoms with E-state index in [1.165, 1.54) is 12.1 Å². The zero-order chi connectivity index (χ0) is 17.4. The molecule has 2 aromatic rings. The summed E-state index contributed by atoms with van der Waals surface area (Å²) < 4.78 is 19.1. The van der Waals surface area contributed by atoms with Crippen LogP contribution in [-0.2, 0) is 9.53 Å². The van der Waals surface area contributed by atoms with Gasteiger partial charge in [-0.2, -0.15) is 0 Å². The first-order valence-corrected chi connectivity index (χ1v) is 7.87. The third-order valence-electron chi connectivity index (χ3n) is 4.20. The van der Waals surface area contributed by atoms with Crippen LogP contribution < -0.4 is 0 Å². The minimum Gasteiger partial charge on any atom is -0.504 e. The van der Waals surface area contributed by atoms with Gasteiger partial charge in [-0.1, -0.05) is 29.8 Å². The summed E-state index contributed by atoms with van der Waals surface area (Å²) in [6, 6.07) is 10.9. The summed E-state index contributed by atoms with van der Waals surface area (Å²) >= 11 is 5.96. The summed E-state index contributed by atoms with van der Waals surface area (Å²) in [6.45, 7) is 3.46. The molecule has 0 fully saturated rings. The second-order valence-electron chi connectivity index (χ2n) is 5.84. The van der Waals surface area contributed by atoms with Crippen LogP contribution in [0.4, 0.5) is 4.39 Å². The first-order valence-electron chi connectivity index (χ1n) is 7.49. The van der Waals surface area contributed by atoms with Crippen molar-refractivity contribution in [2.75, 3.05) is 0 Å². The van der Waals surface area contributed by atoms with E-state index in [2.05, 4.69) is 0 Å². The fourth-order valence-electron chi connectivity index (χ4n) is 2.86. The number of Topliss-reactive ketones (excluding diaryl/α,β-unsaturated/α-hetero) is 1. The predicted octanol–water partition coefficient (Wildman–Crippen LogP) is 5.00. The normalized spacial score (nSPS) is 21.2. The lowest BCUT2D eigenvalue weighted by Crippen LogP contribution is -2.28. The van der Waals surface area contributed by atoms with Gasteiger partial charge in [0.25, 0.3) is 0 Å². The van der Waals surface area contributed by atoms with E-state index in [-0.39, 0.29) is 11.6 Å². The Morgan fingerprint density at radius 2 is 1.75 bits per heavy atom. The van der Waals surface area contributed by atoms with Gasteiger partial charge < -0.3 is 9.84 Å². The van der Waals surface area contributed by atoms with E-state index in [4.69, 9.17) is 16.3 Å². The number of ether oxygens (including phenoxy) is 1. The molecule has 3 rings (SSSR count). The first kappa shape index (κ1) is 16.7. The van der Waals surface area contributed by atoms with Gasteiger partial charge in [-0.05, 0) is 54.8 Å². The lowest BCUT2D eigenvalue weighted by atomic mass is 9.91. The van der Waals surface area contributed by atoms with Crippen LogP contribution in [0, 0.1) is 12.7 Å². The van der Waals surface area contributed by atoms with Crippen molar-refractivity contribution < 1.29 is 19.0 Å². The molecular weight excluding hydrogens is 331 g/mol. The molecule has 0 saturated carbocycles. The highest BCUT2D eigenvalue weighted by molar-refractivity contribution is 6.30.